The number of hydrogen-bond donors (Lipinski definition) is 2. The van der Waals surface area contributed by atoms with E-state index in [-0.39, 0.29) is 43.0 Å². The summed E-state index contributed by atoms with van der Waals surface area (Å²) in [6.45, 7) is 0.354. The molecule has 43 heavy (non-hydrogen) atoms. The summed E-state index contributed by atoms with van der Waals surface area (Å²) < 4.78 is 56.3. The molecule has 0 spiro atoms. The molecule has 2 N–H and O–H groups in total. The maximum atomic E-state index is 13.9. The van der Waals surface area contributed by atoms with Crippen LogP contribution in [0.1, 0.15) is 44.1 Å². The molecular weight excluding hydrogens is 580 g/mol. The van der Waals surface area contributed by atoms with Crippen molar-refractivity contribution < 1.29 is 46.8 Å². The van der Waals surface area contributed by atoms with Gasteiger partial charge in [-0.15, -0.1) is 0 Å². The minimum absolute atomic E-state index is 0.00415. The van der Waals surface area contributed by atoms with Crippen LogP contribution in [-0.4, -0.2) is 81.3 Å². The van der Waals surface area contributed by atoms with Gasteiger partial charge < -0.3 is 34.1 Å². The first-order valence-corrected chi connectivity index (χ1v) is 16.3. The molecule has 0 radical (unpaired) electrons. The SMILES string of the molecule is O=C(N[C@@H](Cc1ccccc1)[C@H](O)CN(OC1CCCCC1)S(=O)(=O)c1ccc2c(c1)OCO2)O[C@H]1CO[C@H]2OCC[C@H]21. The van der Waals surface area contributed by atoms with E-state index in [1.165, 1.54) is 18.2 Å². The van der Waals surface area contributed by atoms with Crippen molar-refractivity contribution >= 4 is 16.1 Å². The lowest BCUT2D eigenvalue weighted by molar-refractivity contribution is -0.156. The van der Waals surface area contributed by atoms with E-state index in [0.29, 0.717) is 30.9 Å². The van der Waals surface area contributed by atoms with Gasteiger partial charge in [0.1, 0.15) is 6.10 Å². The second-order valence-electron chi connectivity index (χ2n) is 11.3. The molecule has 3 fully saturated rings. The van der Waals surface area contributed by atoms with Crippen molar-refractivity contribution in [3.63, 3.8) is 0 Å². The molecule has 2 aromatic rings. The van der Waals surface area contributed by atoms with Crippen LogP contribution in [0.25, 0.3) is 0 Å². The minimum Gasteiger partial charge on any atom is -0.454 e. The number of rotatable bonds is 11. The number of nitrogens with zero attached hydrogens (tertiary/aromatic N) is 1. The molecule has 13 heteroatoms. The smallest absolute Gasteiger partial charge is 0.407 e. The average molecular weight is 619 g/mol. The van der Waals surface area contributed by atoms with Crippen LogP contribution in [-0.2, 0) is 35.5 Å². The van der Waals surface area contributed by atoms with Crippen molar-refractivity contribution in [2.24, 2.45) is 5.92 Å². The number of aliphatic hydroxyl groups excluding tert-OH is 1. The Kier molecular flexibility index (Phi) is 9.36. The Morgan fingerprint density at radius 1 is 1.02 bits per heavy atom. The van der Waals surface area contributed by atoms with Crippen LogP contribution in [0.15, 0.2) is 53.4 Å². The summed E-state index contributed by atoms with van der Waals surface area (Å²) in [5, 5.41) is 14.3. The number of aliphatic hydroxyl groups is 1. The van der Waals surface area contributed by atoms with Crippen LogP contribution in [0, 0.1) is 5.92 Å². The number of hydrogen-bond acceptors (Lipinski definition) is 10. The molecule has 0 unspecified atom stereocenters. The molecule has 2 aromatic carbocycles. The lowest BCUT2D eigenvalue weighted by atomic mass is 9.98. The van der Waals surface area contributed by atoms with E-state index in [4.69, 9.17) is 28.5 Å². The van der Waals surface area contributed by atoms with Crippen LogP contribution in [0.3, 0.4) is 0 Å². The third-order valence-electron chi connectivity index (χ3n) is 8.37. The summed E-state index contributed by atoms with van der Waals surface area (Å²) in [4.78, 5) is 19.1. The molecule has 3 heterocycles. The summed E-state index contributed by atoms with van der Waals surface area (Å²) in [6, 6.07) is 12.8. The Bertz CT molecular complexity index is 1350. The average Bonchev–Trinajstić information content (AvgIpc) is 3.76. The highest BCUT2D eigenvalue weighted by atomic mass is 32.2. The van der Waals surface area contributed by atoms with Gasteiger partial charge in [0, 0.05) is 6.07 Å². The number of sulfonamides is 1. The van der Waals surface area contributed by atoms with Gasteiger partial charge in [0.25, 0.3) is 10.0 Å². The number of fused-ring (bicyclic) bond motifs is 2. The van der Waals surface area contributed by atoms with Gasteiger partial charge in [0.05, 0.1) is 48.8 Å². The fourth-order valence-electron chi connectivity index (χ4n) is 5.99. The standard InChI is InChI=1S/C30H38N2O10S/c33-25(24(15-20-7-3-1-4-8-20)31-30(34)41-28-18-38-29-23(28)13-14-37-29)17-32(42-21-9-5-2-6-10-21)43(35,36)22-11-12-26-27(16-22)40-19-39-26/h1,3-4,7-8,11-12,16,21,23-25,28-29,33H,2,5-6,9-10,13-15,17-19H2,(H,31,34)/t23-,24-,25+,28-,29+/m0/s1. The summed E-state index contributed by atoms with van der Waals surface area (Å²) in [7, 11) is -4.24. The van der Waals surface area contributed by atoms with Gasteiger partial charge in [-0.25, -0.2) is 13.2 Å². The summed E-state index contributed by atoms with van der Waals surface area (Å²) >= 11 is 0. The van der Waals surface area contributed by atoms with Crippen molar-refractivity contribution in [2.45, 2.75) is 80.5 Å². The number of benzene rings is 2. The molecular formula is C30H38N2O10S. The van der Waals surface area contributed by atoms with Gasteiger partial charge in [0.2, 0.25) is 6.79 Å². The highest BCUT2D eigenvalue weighted by Crippen LogP contribution is 2.36. The molecule has 12 nitrogen and oxygen atoms in total. The van der Waals surface area contributed by atoms with E-state index < -0.39 is 40.9 Å². The molecule has 0 aromatic heterocycles. The second kappa shape index (κ2) is 13.4. The van der Waals surface area contributed by atoms with Gasteiger partial charge in [-0.3, -0.25) is 4.84 Å². The molecule has 4 aliphatic rings. The number of carbonyl (C=O) groups is 1. The highest BCUT2D eigenvalue weighted by molar-refractivity contribution is 7.89. The fraction of sp³-hybridized carbons (Fsp3) is 0.567. The number of carbonyl (C=O) groups excluding carboxylic acids is 1. The van der Waals surface area contributed by atoms with Gasteiger partial charge in [-0.1, -0.05) is 54.1 Å². The minimum atomic E-state index is -4.24. The molecule has 5 atom stereocenters. The highest BCUT2D eigenvalue weighted by Gasteiger charge is 2.44. The molecule has 0 bridgehead atoms. The van der Waals surface area contributed by atoms with Crippen molar-refractivity contribution in [2.75, 3.05) is 26.6 Å². The van der Waals surface area contributed by atoms with E-state index in [1.807, 2.05) is 30.3 Å². The molecule has 6 rings (SSSR count). The maximum Gasteiger partial charge on any atom is 0.407 e. The number of ether oxygens (including phenoxy) is 5. The van der Waals surface area contributed by atoms with Crippen LogP contribution in [0.2, 0.25) is 0 Å². The molecule has 234 valence electrons. The topological polar surface area (TPSA) is 142 Å². The quantitative estimate of drug-likeness (QED) is 0.361. The van der Waals surface area contributed by atoms with Crippen molar-refractivity contribution in [3.8, 4) is 11.5 Å². The van der Waals surface area contributed by atoms with E-state index in [2.05, 4.69) is 5.32 Å². The van der Waals surface area contributed by atoms with Gasteiger partial charge >= 0.3 is 6.09 Å². The Labute approximate surface area is 251 Å². The first kappa shape index (κ1) is 30.1. The lowest BCUT2D eigenvalue weighted by Gasteiger charge is -2.32. The molecule has 3 aliphatic heterocycles. The van der Waals surface area contributed by atoms with Crippen LogP contribution < -0.4 is 14.8 Å². The summed E-state index contributed by atoms with van der Waals surface area (Å²) in [6.07, 6.45) is 2.03. The number of alkyl carbamates (subject to hydrolysis) is 1. The Balaban J connectivity index is 1.21. The van der Waals surface area contributed by atoms with Crippen LogP contribution in [0.5, 0.6) is 11.5 Å². The van der Waals surface area contributed by atoms with Gasteiger partial charge in [0.15, 0.2) is 17.8 Å². The Morgan fingerprint density at radius 2 is 1.81 bits per heavy atom. The Hall–Kier alpha value is -2.94. The Morgan fingerprint density at radius 3 is 2.63 bits per heavy atom. The summed E-state index contributed by atoms with van der Waals surface area (Å²) in [5.41, 5.74) is 0.846. The molecule has 1 saturated carbocycles. The molecule has 1 amide bonds. The van der Waals surface area contributed by atoms with E-state index in [1.54, 1.807) is 0 Å². The first-order chi connectivity index (χ1) is 20.9. The summed E-state index contributed by atoms with van der Waals surface area (Å²) in [5.74, 6) is 0.721. The number of nitrogens with one attached hydrogen (secondary N) is 1. The van der Waals surface area contributed by atoms with Gasteiger partial charge in [-0.2, -0.15) is 0 Å². The van der Waals surface area contributed by atoms with Crippen molar-refractivity contribution in [3.05, 3.63) is 54.1 Å². The first-order valence-electron chi connectivity index (χ1n) is 14.9. The zero-order valence-electron chi connectivity index (χ0n) is 23.8. The third kappa shape index (κ3) is 7.08. The molecule has 2 saturated heterocycles. The van der Waals surface area contributed by atoms with E-state index in [0.717, 1.165) is 35.7 Å². The lowest BCUT2D eigenvalue weighted by Crippen LogP contribution is -2.51. The maximum absolute atomic E-state index is 13.9. The second-order valence-corrected chi connectivity index (χ2v) is 13.2. The fourth-order valence-corrected chi connectivity index (χ4v) is 7.31. The van der Waals surface area contributed by atoms with E-state index >= 15 is 0 Å². The largest absolute Gasteiger partial charge is 0.454 e. The van der Waals surface area contributed by atoms with Crippen LogP contribution in [0.4, 0.5) is 4.79 Å². The normalized spacial score (nSPS) is 24.9. The predicted octanol–water partition coefficient (Wildman–Crippen LogP) is 3.13. The van der Waals surface area contributed by atoms with Crippen molar-refractivity contribution in [1.29, 1.82) is 0 Å². The zero-order chi connectivity index (χ0) is 29.8. The van der Waals surface area contributed by atoms with E-state index in [9.17, 15) is 18.3 Å². The predicted molar refractivity (Wildman–Crippen MR) is 152 cm³/mol. The van der Waals surface area contributed by atoms with Gasteiger partial charge in [-0.05, 0) is 43.4 Å². The van der Waals surface area contributed by atoms with Crippen molar-refractivity contribution in [1.82, 2.24) is 9.79 Å². The number of amides is 1. The monoisotopic (exact) mass is 618 g/mol. The third-order valence-corrected chi connectivity index (χ3v) is 10.00. The molecule has 1 aliphatic carbocycles. The van der Waals surface area contributed by atoms with Crippen LogP contribution >= 0.6 is 0 Å². The number of hydroxylamine groups is 1. The zero-order valence-corrected chi connectivity index (χ0v) is 24.7.